The van der Waals surface area contributed by atoms with Crippen molar-refractivity contribution >= 4 is 27.7 Å². The molecule has 0 aliphatic heterocycles. The van der Waals surface area contributed by atoms with Crippen molar-refractivity contribution in [2.75, 3.05) is 24.2 Å². The van der Waals surface area contributed by atoms with Crippen LogP contribution in [-0.2, 0) is 10.0 Å². The highest BCUT2D eigenvalue weighted by molar-refractivity contribution is 7.89. The van der Waals surface area contributed by atoms with Gasteiger partial charge in [-0.2, -0.15) is 0 Å². The van der Waals surface area contributed by atoms with Gasteiger partial charge in [0.1, 0.15) is 0 Å². The molecule has 116 valence electrons. The maximum absolute atomic E-state index is 11.9. The third kappa shape index (κ3) is 5.40. The summed E-state index contributed by atoms with van der Waals surface area (Å²) in [5, 5.41) is 16.4. The summed E-state index contributed by atoms with van der Waals surface area (Å²) in [7, 11) is -2.13. The fraction of sp³-hybridized carbons (Fsp3) is 0.333. The minimum absolute atomic E-state index is 0.000291. The van der Waals surface area contributed by atoms with Crippen molar-refractivity contribution in [2.45, 2.75) is 6.42 Å². The highest BCUT2D eigenvalue weighted by Gasteiger charge is 2.17. The van der Waals surface area contributed by atoms with Crippen molar-refractivity contribution in [2.24, 2.45) is 5.14 Å². The summed E-state index contributed by atoms with van der Waals surface area (Å²) < 4.78 is 21.5. The first-order chi connectivity index (χ1) is 9.72. The number of hydrogen-bond donors (Lipinski definition) is 3. The summed E-state index contributed by atoms with van der Waals surface area (Å²) >= 11 is 0. The van der Waals surface area contributed by atoms with E-state index in [0.717, 1.165) is 4.90 Å². The summed E-state index contributed by atoms with van der Waals surface area (Å²) in [6, 6.07) is 5.55. The lowest BCUT2D eigenvalue weighted by molar-refractivity contribution is 0.0697. The molecule has 1 aromatic rings. The number of anilines is 1. The van der Waals surface area contributed by atoms with Crippen LogP contribution in [0.1, 0.15) is 16.8 Å². The van der Waals surface area contributed by atoms with E-state index in [1.54, 1.807) is 12.1 Å². The second-order valence-electron chi connectivity index (χ2n) is 4.33. The van der Waals surface area contributed by atoms with E-state index in [1.807, 2.05) is 0 Å². The maximum Gasteiger partial charge on any atom is 0.337 e. The third-order valence-electron chi connectivity index (χ3n) is 2.68. The van der Waals surface area contributed by atoms with Gasteiger partial charge in [-0.3, -0.25) is 4.90 Å². The molecular weight excluding hydrogens is 298 g/mol. The molecule has 0 aromatic heterocycles. The number of amides is 2. The third-order valence-corrected chi connectivity index (χ3v) is 3.54. The number of benzene rings is 1. The van der Waals surface area contributed by atoms with E-state index in [0.29, 0.717) is 0 Å². The van der Waals surface area contributed by atoms with Gasteiger partial charge in [-0.05, 0) is 18.6 Å². The number of urea groups is 1. The second-order valence-corrected chi connectivity index (χ2v) is 6.07. The van der Waals surface area contributed by atoms with E-state index in [-0.39, 0.29) is 30.0 Å². The van der Waals surface area contributed by atoms with Gasteiger partial charge in [0, 0.05) is 13.6 Å². The van der Waals surface area contributed by atoms with Gasteiger partial charge < -0.3 is 10.4 Å². The molecule has 0 aliphatic rings. The van der Waals surface area contributed by atoms with Crippen LogP contribution in [-0.4, -0.2) is 44.9 Å². The largest absolute Gasteiger partial charge is 0.478 e. The molecule has 0 atom stereocenters. The molecule has 4 N–H and O–H groups in total. The first-order valence-electron chi connectivity index (χ1n) is 6.06. The zero-order valence-electron chi connectivity index (χ0n) is 11.4. The Kier molecular flexibility index (Phi) is 5.68. The van der Waals surface area contributed by atoms with Crippen LogP contribution >= 0.6 is 0 Å². The number of sulfonamides is 1. The minimum atomic E-state index is -3.56. The number of carbonyl (C=O) groups is 2. The lowest BCUT2D eigenvalue weighted by Crippen LogP contribution is -2.39. The van der Waals surface area contributed by atoms with Crippen molar-refractivity contribution < 1.29 is 23.1 Å². The van der Waals surface area contributed by atoms with Crippen LogP contribution in [0.5, 0.6) is 0 Å². The molecule has 1 aromatic carbocycles. The number of nitrogens with zero attached hydrogens (tertiary/aromatic N) is 1. The number of carboxylic acids is 1. The zero-order chi connectivity index (χ0) is 16.0. The van der Waals surface area contributed by atoms with E-state index in [2.05, 4.69) is 5.32 Å². The molecule has 9 heteroatoms. The molecular formula is C12H17N3O5S. The Morgan fingerprint density at radius 1 is 1.33 bits per heavy atom. The van der Waals surface area contributed by atoms with Crippen molar-refractivity contribution in [3.05, 3.63) is 29.8 Å². The van der Waals surface area contributed by atoms with Gasteiger partial charge in [-0.1, -0.05) is 12.1 Å². The number of primary sulfonamides is 1. The molecule has 21 heavy (non-hydrogen) atoms. The van der Waals surface area contributed by atoms with Crippen LogP contribution in [0.3, 0.4) is 0 Å². The van der Waals surface area contributed by atoms with E-state index < -0.39 is 22.0 Å². The van der Waals surface area contributed by atoms with Crippen LogP contribution < -0.4 is 15.4 Å². The van der Waals surface area contributed by atoms with E-state index >= 15 is 0 Å². The Labute approximate surface area is 122 Å². The lowest BCUT2D eigenvalue weighted by Gasteiger charge is -2.19. The number of aromatic carboxylic acids is 1. The summed E-state index contributed by atoms with van der Waals surface area (Å²) in [6.07, 6.45) is 0.180. The fourth-order valence-electron chi connectivity index (χ4n) is 1.64. The van der Waals surface area contributed by atoms with Gasteiger partial charge in [-0.15, -0.1) is 0 Å². The number of hydrogen-bond acceptors (Lipinski definition) is 4. The molecule has 0 bridgehead atoms. The molecule has 1 rings (SSSR count). The fourth-order valence-corrected chi connectivity index (χ4v) is 2.19. The number of carbonyl (C=O) groups excluding carboxylic acids is 1. The summed E-state index contributed by atoms with van der Waals surface area (Å²) in [4.78, 5) is 24.1. The molecule has 2 amide bonds. The topological polar surface area (TPSA) is 130 Å². The molecule has 0 saturated carbocycles. The number of rotatable bonds is 6. The molecule has 0 fully saturated rings. The van der Waals surface area contributed by atoms with Gasteiger partial charge in [-0.25, -0.2) is 23.1 Å². The highest BCUT2D eigenvalue weighted by atomic mass is 32.2. The Bertz CT molecular complexity index is 630. The Hall–Kier alpha value is -2.13. The quantitative estimate of drug-likeness (QED) is 0.646. The predicted molar refractivity (Wildman–Crippen MR) is 77.8 cm³/mol. The average molecular weight is 315 g/mol. The average Bonchev–Trinajstić information content (AvgIpc) is 2.41. The Morgan fingerprint density at radius 2 is 1.95 bits per heavy atom. The van der Waals surface area contributed by atoms with Crippen molar-refractivity contribution in [1.29, 1.82) is 0 Å². The monoisotopic (exact) mass is 315 g/mol. The SMILES string of the molecule is CN(C(=O)NCCCS(N)(=O)=O)c1ccccc1C(=O)O. The molecule has 8 nitrogen and oxygen atoms in total. The number of nitrogens with two attached hydrogens (primary N) is 1. The van der Waals surface area contributed by atoms with Crippen LogP contribution in [0.2, 0.25) is 0 Å². The Morgan fingerprint density at radius 3 is 2.52 bits per heavy atom. The standard InChI is InChI=1S/C12H17N3O5S/c1-15(10-6-3-2-5-9(10)11(16)17)12(18)14-7-4-8-21(13,19)20/h2-3,5-6H,4,7-8H2,1H3,(H,14,18)(H,16,17)(H2,13,19,20). The lowest BCUT2D eigenvalue weighted by atomic mass is 10.1. The van der Waals surface area contributed by atoms with Crippen molar-refractivity contribution in [3.8, 4) is 0 Å². The summed E-state index contributed by atoms with van der Waals surface area (Å²) in [5.74, 6) is -1.37. The zero-order valence-corrected chi connectivity index (χ0v) is 12.3. The van der Waals surface area contributed by atoms with Crippen LogP contribution in [0, 0.1) is 0 Å². The van der Waals surface area contributed by atoms with E-state index in [1.165, 1.54) is 19.2 Å². The number of nitrogens with one attached hydrogen (secondary N) is 1. The first-order valence-corrected chi connectivity index (χ1v) is 7.78. The maximum atomic E-state index is 11.9. The van der Waals surface area contributed by atoms with Gasteiger partial charge in [0.2, 0.25) is 10.0 Å². The van der Waals surface area contributed by atoms with E-state index in [4.69, 9.17) is 10.2 Å². The highest BCUT2D eigenvalue weighted by Crippen LogP contribution is 2.19. The normalized spacial score (nSPS) is 11.0. The summed E-state index contributed by atoms with van der Waals surface area (Å²) in [5.41, 5.74) is 0.244. The van der Waals surface area contributed by atoms with Gasteiger partial charge in [0.05, 0.1) is 17.0 Å². The van der Waals surface area contributed by atoms with Crippen LogP contribution in [0.15, 0.2) is 24.3 Å². The second kappa shape index (κ2) is 7.04. The predicted octanol–water partition coefficient (Wildman–Crippen LogP) is 0.209. The van der Waals surface area contributed by atoms with Crippen molar-refractivity contribution in [3.63, 3.8) is 0 Å². The van der Waals surface area contributed by atoms with Crippen molar-refractivity contribution in [1.82, 2.24) is 5.32 Å². The number of para-hydroxylation sites is 1. The molecule has 0 spiro atoms. The molecule has 0 unspecified atom stereocenters. The minimum Gasteiger partial charge on any atom is -0.478 e. The van der Waals surface area contributed by atoms with Crippen LogP contribution in [0.25, 0.3) is 0 Å². The molecule has 0 radical (unpaired) electrons. The molecule has 0 heterocycles. The van der Waals surface area contributed by atoms with Crippen LogP contribution in [0.4, 0.5) is 10.5 Å². The number of carboxylic acid groups (broad SMARTS) is 1. The Balaban J connectivity index is 2.65. The first kappa shape index (κ1) is 16.9. The van der Waals surface area contributed by atoms with Gasteiger partial charge in [0.25, 0.3) is 0 Å². The van der Waals surface area contributed by atoms with Gasteiger partial charge in [0.15, 0.2) is 0 Å². The van der Waals surface area contributed by atoms with Gasteiger partial charge >= 0.3 is 12.0 Å². The smallest absolute Gasteiger partial charge is 0.337 e. The summed E-state index contributed by atoms with van der Waals surface area (Å²) in [6.45, 7) is 0.120. The van der Waals surface area contributed by atoms with E-state index in [9.17, 15) is 18.0 Å². The molecule has 0 aliphatic carbocycles. The molecule has 0 saturated heterocycles.